The molecule has 0 amide bonds. The van der Waals surface area contributed by atoms with Crippen molar-refractivity contribution in [2.45, 2.75) is 20.3 Å². The van der Waals surface area contributed by atoms with Crippen LogP contribution in [0.3, 0.4) is 0 Å². The van der Waals surface area contributed by atoms with E-state index in [0.29, 0.717) is 12.5 Å². The maximum atomic E-state index is 10.9. The molecule has 0 N–H and O–H groups in total. The van der Waals surface area contributed by atoms with E-state index in [-0.39, 0.29) is 0 Å². The van der Waals surface area contributed by atoms with Gasteiger partial charge in [-0.15, -0.1) is 0 Å². The van der Waals surface area contributed by atoms with Crippen molar-refractivity contribution in [1.29, 1.82) is 0 Å². The maximum absolute atomic E-state index is 10.9. The van der Waals surface area contributed by atoms with Gasteiger partial charge in [0.25, 0.3) is 0 Å². The molecule has 0 aliphatic carbocycles. The molecule has 0 aliphatic heterocycles. The summed E-state index contributed by atoms with van der Waals surface area (Å²) in [5, 5.41) is 0. The highest BCUT2D eigenvalue weighted by molar-refractivity contribution is 7.88. The van der Waals surface area contributed by atoms with Crippen LogP contribution in [0.1, 0.15) is 20.3 Å². The molecule has 0 spiro atoms. The van der Waals surface area contributed by atoms with Crippen LogP contribution in [-0.4, -0.2) is 32.6 Å². The number of sulfonamides is 1. The van der Waals surface area contributed by atoms with Crippen LogP contribution in [0, 0.1) is 5.92 Å². The molecule has 0 unspecified atom stereocenters. The van der Waals surface area contributed by atoms with Gasteiger partial charge in [0.1, 0.15) is 0 Å². The van der Waals surface area contributed by atoms with Crippen molar-refractivity contribution in [3.63, 3.8) is 0 Å². The fourth-order valence-corrected chi connectivity index (χ4v) is 1.23. The minimum atomic E-state index is -2.97. The van der Waals surface area contributed by atoms with Crippen LogP contribution in [0.2, 0.25) is 0 Å². The second-order valence-electron chi connectivity index (χ2n) is 3.06. The monoisotopic (exact) mass is 179 g/mol. The summed E-state index contributed by atoms with van der Waals surface area (Å²) in [5.74, 6) is 0.440. The molecule has 68 valence electrons. The zero-order chi connectivity index (χ0) is 9.07. The minimum absolute atomic E-state index is 0.440. The fraction of sp³-hybridized carbons (Fsp3) is 1.00. The molecular formula is C7H17NO2S. The lowest BCUT2D eigenvalue weighted by molar-refractivity contribution is 0.396. The Morgan fingerprint density at radius 1 is 1.45 bits per heavy atom. The van der Waals surface area contributed by atoms with Gasteiger partial charge in [0.05, 0.1) is 6.26 Å². The van der Waals surface area contributed by atoms with E-state index in [4.69, 9.17) is 0 Å². The van der Waals surface area contributed by atoms with Gasteiger partial charge >= 0.3 is 0 Å². The van der Waals surface area contributed by atoms with Crippen LogP contribution in [-0.2, 0) is 10.0 Å². The Hall–Kier alpha value is -0.0900. The Balaban J connectivity index is 3.98. The molecule has 0 saturated heterocycles. The van der Waals surface area contributed by atoms with Crippen molar-refractivity contribution in [2.75, 3.05) is 19.8 Å². The molecule has 11 heavy (non-hydrogen) atoms. The molecule has 0 fully saturated rings. The van der Waals surface area contributed by atoms with Crippen molar-refractivity contribution in [2.24, 2.45) is 5.92 Å². The van der Waals surface area contributed by atoms with E-state index in [0.717, 1.165) is 6.42 Å². The Bertz CT molecular complexity index is 198. The van der Waals surface area contributed by atoms with Crippen molar-refractivity contribution in [1.82, 2.24) is 4.31 Å². The molecule has 0 radical (unpaired) electrons. The molecule has 1 atom stereocenters. The summed E-state index contributed by atoms with van der Waals surface area (Å²) < 4.78 is 23.2. The lowest BCUT2D eigenvalue weighted by Gasteiger charge is -2.17. The van der Waals surface area contributed by atoms with Gasteiger partial charge in [-0.25, -0.2) is 12.7 Å². The summed E-state index contributed by atoms with van der Waals surface area (Å²) in [5.41, 5.74) is 0. The van der Waals surface area contributed by atoms with Gasteiger partial charge < -0.3 is 0 Å². The van der Waals surface area contributed by atoms with Gasteiger partial charge in [0, 0.05) is 13.6 Å². The van der Waals surface area contributed by atoms with Crippen LogP contribution in [0.25, 0.3) is 0 Å². The van der Waals surface area contributed by atoms with Gasteiger partial charge in [-0.1, -0.05) is 20.3 Å². The van der Waals surface area contributed by atoms with E-state index in [1.807, 2.05) is 6.92 Å². The lowest BCUT2D eigenvalue weighted by atomic mass is 10.1. The number of hydrogen-bond donors (Lipinski definition) is 0. The summed E-state index contributed by atoms with van der Waals surface area (Å²) in [6.45, 7) is 4.72. The van der Waals surface area contributed by atoms with Crippen molar-refractivity contribution in [3.8, 4) is 0 Å². The SMILES string of the molecule is CC[C@H](C)CN(C)S(C)(=O)=O. The van der Waals surface area contributed by atoms with Gasteiger partial charge in [-0.05, 0) is 5.92 Å². The first-order valence-electron chi connectivity index (χ1n) is 3.79. The van der Waals surface area contributed by atoms with Crippen molar-refractivity contribution >= 4 is 10.0 Å². The van der Waals surface area contributed by atoms with E-state index in [1.54, 1.807) is 7.05 Å². The smallest absolute Gasteiger partial charge is 0.210 e. The lowest BCUT2D eigenvalue weighted by Crippen LogP contribution is -2.29. The molecule has 3 nitrogen and oxygen atoms in total. The molecule has 0 rings (SSSR count). The maximum Gasteiger partial charge on any atom is 0.210 e. The molecule has 0 aromatic carbocycles. The third-order valence-electron chi connectivity index (χ3n) is 1.83. The summed E-state index contributed by atoms with van der Waals surface area (Å²) >= 11 is 0. The van der Waals surface area contributed by atoms with Gasteiger partial charge in [0.15, 0.2) is 0 Å². The zero-order valence-corrected chi connectivity index (χ0v) is 8.48. The summed E-state index contributed by atoms with van der Waals surface area (Å²) in [7, 11) is -1.36. The van der Waals surface area contributed by atoms with Gasteiger partial charge in [-0.3, -0.25) is 0 Å². The number of hydrogen-bond acceptors (Lipinski definition) is 2. The Morgan fingerprint density at radius 3 is 2.18 bits per heavy atom. The van der Waals surface area contributed by atoms with Crippen molar-refractivity contribution < 1.29 is 8.42 Å². The molecule has 0 aromatic rings. The van der Waals surface area contributed by atoms with E-state index >= 15 is 0 Å². The van der Waals surface area contributed by atoms with E-state index in [1.165, 1.54) is 10.6 Å². The van der Waals surface area contributed by atoms with E-state index in [9.17, 15) is 8.42 Å². The Morgan fingerprint density at radius 2 is 1.91 bits per heavy atom. The topological polar surface area (TPSA) is 37.4 Å². The predicted octanol–water partition coefficient (Wildman–Crippen LogP) is 0.924. The van der Waals surface area contributed by atoms with E-state index < -0.39 is 10.0 Å². The average molecular weight is 179 g/mol. The summed E-state index contributed by atoms with van der Waals surface area (Å²) in [6, 6.07) is 0. The first-order valence-corrected chi connectivity index (χ1v) is 5.64. The second-order valence-corrected chi connectivity index (χ2v) is 5.15. The van der Waals surface area contributed by atoms with Crippen LogP contribution in [0.4, 0.5) is 0 Å². The zero-order valence-electron chi connectivity index (χ0n) is 7.66. The van der Waals surface area contributed by atoms with E-state index in [2.05, 4.69) is 6.92 Å². The fourth-order valence-electron chi connectivity index (χ4n) is 0.703. The molecule has 0 saturated carbocycles. The second kappa shape index (κ2) is 4.07. The van der Waals surface area contributed by atoms with Crippen molar-refractivity contribution in [3.05, 3.63) is 0 Å². The first-order chi connectivity index (χ1) is 4.88. The number of rotatable bonds is 4. The van der Waals surface area contributed by atoms with Crippen LogP contribution < -0.4 is 0 Å². The standard InChI is InChI=1S/C7H17NO2S/c1-5-7(2)6-8(3)11(4,9)10/h7H,5-6H2,1-4H3/t7-/m0/s1. The molecular weight excluding hydrogens is 162 g/mol. The minimum Gasteiger partial charge on any atom is -0.213 e. The summed E-state index contributed by atoms with van der Waals surface area (Å²) in [6.07, 6.45) is 2.25. The normalized spacial score (nSPS) is 15.4. The summed E-state index contributed by atoms with van der Waals surface area (Å²) in [4.78, 5) is 0. The molecule has 0 aliphatic rings. The molecule has 0 aromatic heterocycles. The third-order valence-corrected chi connectivity index (χ3v) is 3.11. The number of nitrogens with zero attached hydrogens (tertiary/aromatic N) is 1. The van der Waals surface area contributed by atoms with Crippen LogP contribution >= 0.6 is 0 Å². The van der Waals surface area contributed by atoms with Crippen LogP contribution in [0.5, 0.6) is 0 Å². The molecule has 4 heteroatoms. The highest BCUT2D eigenvalue weighted by Gasteiger charge is 2.12. The Labute approximate surface area is 69.4 Å². The quantitative estimate of drug-likeness (QED) is 0.643. The first kappa shape index (κ1) is 10.9. The largest absolute Gasteiger partial charge is 0.213 e. The Kier molecular flexibility index (Phi) is 4.03. The highest BCUT2D eigenvalue weighted by atomic mass is 32.2. The van der Waals surface area contributed by atoms with Gasteiger partial charge in [0.2, 0.25) is 10.0 Å². The molecule has 0 bridgehead atoms. The average Bonchev–Trinajstić information content (AvgIpc) is 1.85. The highest BCUT2D eigenvalue weighted by Crippen LogP contribution is 2.04. The third kappa shape index (κ3) is 4.37. The molecule has 0 heterocycles. The van der Waals surface area contributed by atoms with Gasteiger partial charge in [-0.2, -0.15) is 0 Å². The van der Waals surface area contributed by atoms with Crippen LogP contribution in [0.15, 0.2) is 0 Å². The predicted molar refractivity (Wildman–Crippen MR) is 46.9 cm³/mol.